The van der Waals surface area contributed by atoms with Crippen molar-refractivity contribution in [2.75, 3.05) is 0 Å². The predicted octanol–water partition coefficient (Wildman–Crippen LogP) is 7.19. The molecule has 0 fully saturated rings. The lowest BCUT2D eigenvalue weighted by atomic mass is 9.93. The molecule has 31 heavy (non-hydrogen) atoms. The van der Waals surface area contributed by atoms with E-state index in [2.05, 4.69) is 136 Å². The van der Waals surface area contributed by atoms with Crippen molar-refractivity contribution in [3.63, 3.8) is 0 Å². The molecule has 3 heteroatoms. The maximum Gasteiger partial charge on any atom is 0.132 e. The van der Waals surface area contributed by atoms with Gasteiger partial charge in [0, 0.05) is 16.6 Å². The zero-order valence-electron chi connectivity index (χ0n) is 17.1. The molecule has 0 unspecified atom stereocenters. The quantitative estimate of drug-likeness (QED) is 0.303. The Hall–Kier alpha value is -3.17. The van der Waals surface area contributed by atoms with Crippen molar-refractivity contribution in [2.24, 2.45) is 4.99 Å². The summed E-state index contributed by atoms with van der Waals surface area (Å²) in [6, 6.07) is 40.5. The number of aliphatic imine (C=N–C) groups is 1. The molecule has 5 rings (SSSR count). The van der Waals surface area contributed by atoms with Crippen molar-refractivity contribution in [1.82, 2.24) is 4.90 Å². The third-order valence-electron chi connectivity index (χ3n) is 5.78. The molecule has 0 aromatic heterocycles. The highest BCUT2D eigenvalue weighted by Crippen LogP contribution is 2.44. The highest BCUT2D eigenvalue weighted by molar-refractivity contribution is 9.10. The topological polar surface area (TPSA) is 15.6 Å². The summed E-state index contributed by atoms with van der Waals surface area (Å²) in [4.78, 5) is 7.78. The largest absolute Gasteiger partial charge is 0.342 e. The first-order chi connectivity index (χ1) is 15.3. The van der Waals surface area contributed by atoms with Crippen LogP contribution in [-0.4, -0.2) is 10.7 Å². The van der Waals surface area contributed by atoms with Crippen LogP contribution in [0.3, 0.4) is 0 Å². The first-order valence-corrected chi connectivity index (χ1v) is 11.3. The predicted molar refractivity (Wildman–Crippen MR) is 131 cm³/mol. The molecule has 4 aromatic carbocycles. The highest BCUT2D eigenvalue weighted by atomic mass is 79.9. The summed E-state index contributed by atoms with van der Waals surface area (Å²) in [5, 5.41) is 0. The Balaban J connectivity index is 1.66. The van der Waals surface area contributed by atoms with Crippen LogP contribution in [0.15, 0.2) is 125 Å². The molecule has 1 aliphatic rings. The van der Waals surface area contributed by atoms with E-state index in [1.54, 1.807) is 0 Å². The molecule has 2 atom stereocenters. The Morgan fingerprint density at radius 3 is 1.84 bits per heavy atom. The van der Waals surface area contributed by atoms with E-state index >= 15 is 0 Å². The van der Waals surface area contributed by atoms with Crippen LogP contribution in [0.4, 0.5) is 0 Å². The molecule has 0 N–H and O–H groups in total. The van der Waals surface area contributed by atoms with Crippen LogP contribution in [-0.2, 0) is 6.54 Å². The van der Waals surface area contributed by atoms with Crippen LogP contribution in [0.1, 0.15) is 34.3 Å². The van der Waals surface area contributed by atoms with Gasteiger partial charge in [-0.05, 0) is 22.8 Å². The Morgan fingerprint density at radius 2 is 1.19 bits per heavy atom. The molecule has 0 radical (unpaired) electrons. The fourth-order valence-corrected chi connectivity index (χ4v) is 4.72. The van der Waals surface area contributed by atoms with Gasteiger partial charge in [0.15, 0.2) is 0 Å². The van der Waals surface area contributed by atoms with Crippen molar-refractivity contribution >= 4 is 21.8 Å². The smallest absolute Gasteiger partial charge is 0.132 e. The monoisotopic (exact) mass is 466 g/mol. The summed E-state index contributed by atoms with van der Waals surface area (Å²) < 4.78 is 1.12. The van der Waals surface area contributed by atoms with Gasteiger partial charge >= 0.3 is 0 Å². The Bertz CT molecular complexity index is 1170. The minimum atomic E-state index is 0.0290. The molecular formula is C28H23BrN2. The van der Waals surface area contributed by atoms with Crippen molar-refractivity contribution in [3.05, 3.63) is 142 Å². The summed E-state index contributed by atoms with van der Waals surface area (Å²) in [5.41, 5.74) is 4.91. The zero-order chi connectivity index (χ0) is 21.0. The maximum absolute atomic E-state index is 5.32. The third-order valence-corrected chi connectivity index (χ3v) is 6.55. The molecule has 0 amide bonds. The minimum absolute atomic E-state index is 0.0290. The summed E-state index contributed by atoms with van der Waals surface area (Å²) in [5.74, 6) is 1.04. The van der Waals surface area contributed by atoms with Crippen molar-refractivity contribution in [2.45, 2.75) is 18.6 Å². The maximum atomic E-state index is 5.32. The summed E-state index contributed by atoms with van der Waals surface area (Å²) >= 11 is 3.75. The lowest BCUT2D eigenvalue weighted by Gasteiger charge is -2.31. The second-order valence-electron chi connectivity index (χ2n) is 7.75. The third kappa shape index (κ3) is 4.06. The molecule has 0 saturated carbocycles. The number of halogens is 1. The van der Waals surface area contributed by atoms with E-state index in [9.17, 15) is 0 Å². The molecule has 1 aliphatic heterocycles. The van der Waals surface area contributed by atoms with Crippen LogP contribution in [0, 0.1) is 0 Å². The summed E-state index contributed by atoms with van der Waals surface area (Å²) in [7, 11) is 0. The number of hydrogen-bond acceptors (Lipinski definition) is 2. The molecule has 2 nitrogen and oxygen atoms in total. The van der Waals surface area contributed by atoms with Crippen molar-refractivity contribution < 1.29 is 0 Å². The van der Waals surface area contributed by atoms with Gasteiger partial charge in [0.05, 0.1) is 6.04 Å². The average Bonchev–Trinajstić information content (AvgIpc) is 3.21. The molecule has 152 valence electrons. The first kappa shape index (κ1) is 19.8. The lowest BCUT2D eigenvalue weighted by molar-refractivity contribution is 0.304. The minimum Gasteiger partial charge on any atom is -0.342 e. The van der Waals surface area contributed by atoms with Gasteiger partial charge in [-0.15, -0.1) is 0 Å². The fraction of sp³-hybridized carbons (Fsp3) is 0.107. The van der Waals surface area contributed by atoms with E-state index in [-0.39, 0.29) is 12.1 Å². The molecule has 1 heterocycles. The SMILES string of the molecule is Brc1ccccc1CN1C(c2ccccc2)=N[C@@H](c2ccccc2)[C@@H]1c1ccccc1. The number of nitrogens with zero attached hydrogens (tertiary/aromatic N) is 2. The first-order valence-electron chi connectivity index (χ1n) is 10.5. The fourth-order valence-electron chi connectivity index (χ4n) is 4.31. The molecule has 4 aromatic rings. The molecule has 0 saturated heterocycles. The number of rotatable bonds is 5. The molecular weight excluding hydrogens is 444 g/mol. The van der Waals surface area contributed by atoms with E-state index in [4.69, 9.17) is 4.99 Å². The van der Waals surface area contributed by atoms with E-state index in [0.29, 0.717) is 0 Å². The van der Waals surface area contributed by atoms with Gasteiger partial charge < -0.3 is 4.90 Å². The van der Waals surface area contributed by atoms with E-state index in [1.807, 2.05) is 0 Å². The number of amidine groups is 1. The molecule has 0 aliphatic carbocycles. The van der Waals surface area contributed by atoms with Crippen LogP contribution in [0.25, 0.3) is 0 Å². The van der Waals surface area contributed by atoms with E-state index < -0.39 is 0 Å². The average molecular weight is 467 g/mol. The van der Waals surface area contributed by atoms with Gasteiger partial charge in [0.1, 0.15) is 11.9 Å². The van der Waals surface area contributed by atoms with Crippen LogP contribution in [0.2, 0.25) is 0 Å². The van der Waals surface area contributed by atoms with Gasteiger partial charge in [0.2, 0.25) is 0 Å². The summed E-state index contributed by atoms with van der Waals surface area (Å²) in [6.07, 6.45) is 0. The van der Waals surface area contributed by atoms with Gasteiger partial charge in [-0.3, -0.25) is 4.99 Å². The van der Waals surface area contributed by atoms with Gasteiger partial charge in [0.25, 0.3) is 0 Å². The van der Waals surface area contributed by atoms with Crippen LogP contribution >= 0.6 is 15.9 Å². The Kier molecular flexibility index (Phi) is 5.68. The molecule has 0 bridgehead atoms. The van der Waals surface area contributed by atoms with Crippen molar-refractivity contribution in [1.29, 1.82) is 0 Å². The lowest BCUT2D eigenvalue weighted by Crippen LogP contribution is -2.32. The normalized spacial score (nSPS) is 18.1. The summed E-state index contributed by atoms with van der Waals surface area (Å²) in [6.45, 7) is 0.776. The van der Waals surface area contributed by atoms with Crippen LogP contribution in [0.5, 0.6) is 0 Å². The number of benzene rings is 4. The highest BCUT2D eigenvalue weighted by Gasteiger charge is 2.38. The Morgan fingerprint density at radius 1 is 0.645 bits per heavy atom. The molecule has 0 spiro atoms. The second kappa shape index (κ2) is 8.91. The van der Waals surface area contributed by atoms with E-state index in [1.165, 1.54) is 16.7 Å². The standard InChI is InChI=1S/C28H23BrN2/c29-25-19-11-10-18-24(25)20-31-27(22-14-6-2-7-15-22)26(21-12-4-1-5-13-21)30-28(31)23-16-8-3-9-17-23/h1-19,26-27H,20H2/t26-,27-/m0/s1. The van der Waals surface area contributed by atoms with Gasteiger partial charge in [-0.25, -0.2) is 0 Å². The van der Waals surface area contributed by atoms with Crippen molar-refractivity contribution in [3.8, 4) is 0 Å². The zero-order valence-corrected chi connectivity index (χ0v) is 18.7. The Labute approximate surface area is 192 Å². The van der Waals surface area contributed by atoms with E-state index in [0.717, 1.165) is 22.4 Å². The van der Waals surface area contributed by atoms with Gasteiger partial charge in [-0.1, -0.05) is 125 Å². The second-order valence-corrected chi connectivity index (χ2v) is 8.60. The number of hydrogen-bond donors (Lipinski definition) is 0. The van der Waals surface area contributed by atoms with Gasteiger partial charge in [-0.2, -0.15) is 0 Å². The van der Waals surface area contributed by atoms with Crippen LogP contribution < -0.4 is 0 Å².